The lowest BCUT2D eigenvalue weighted by molar-refractivity contribution is 0.0693. The predicted octanol–water partition coefficient (Wildman–Crippen LogP) is 1.77. The average molecular weight is 220 g/mol. The number of aromatic nitrogens is 1. The zero-order chi connectivity index (χ0) is 11.4. The van der Waals surface area contributed by atoms with Crippen LogP contribution in [-0.2, 0) is 6.54 Å². The topological polar surface area (TPSA) is 53.4 Å². The minimum Gasteiger partial charge on any atom is -0.478 e. The zero-order valence-corrected chi connectivity index (χ0v) is 9.22. The van der Waals surface area contributed by atoms with Crippen molar-refractivity contribution in [1.82, 2.24) is 9.88 Å². The minimum absolute atomic E-state index is 0.327. The van der Waals surface area contributed by atoms with Gasteiger partial charge in [0, 0.05) is 18.9 Å². The number of carboxylic acid groups (broad SMARTS) is 1. The molecule has 1 N–H and O–H groups in total. The fourth-order valence-electron chi connectivity index (χ4n) is 2.11. The number of carboxylic acids is 1. The van der Waals surface area contributed by atoms with Crippen LogP contribution in [0.2, 0.25) is 0 Å². The molecule has 0 amide bonds. The number of pyridine rings is 1. The summed E-state index contributed by atoms with van der Waals surface area (Å²) in [6.07, 6.45) is 6.81. The monoisotopic (exact) mass is 220 g/mol. The Bertz CT molecular complexity index is 373. The van der Waals surface area contributed by atoms with Gasteiger partial charge in [0.25, 0.3) is 0 Å². The predicted molar refractivity (Wildman–Crippen MR) is 60.3 cm³/mol. The molecule has 1 aliphatic rings. The van der Waals surface area contributed by atoms with Gasteiger partial charge in [-0.15, -0.1) is 0 Å². The molecule has 1 saturated heterocycles. The SMILES string of the molecule is O=C(O)c1cnccc1CN1CCCCC1. The Hall–Kier alpha value is -1.42. The molecule has 0 bridgehead atoms. The molecule has 0 atom stereocenters. The Morgan fingerprint density at radius 3 is 2.81 bits per heavy atom. The van der Waals surface area contributed by atoms with Crippen LogP contribution < -0.4 is 0 Å². The van der Waals surface area contributed by atoms with E-state index in [0.29, 0.717) is 5.56 Å². The lowest BCUT2D eigenvalue weighted by atomic mass is 10.1. The van der Waals surface area contributed by atoms with Crippen molar-refractivity contribution in [3.05, 3.63) is 29.6 Å². The summed E-state index contributed by atoms with van der Waals surface area (Å²) in [6, 6.07) is 1.80. The molecule has 0 saturated carbocycles. The largest absolute Gasteiger partial charge is 0.478 e. The molecule has 2 heterocycles. The second kappa shape index (κ2) is 5.07. The van der Waals surface area contributed by atoms with Crippen molar-refractivity contribution in [3.63, 3.8) is 0 Å². The second-order valence-corrected chi connectivity index (χ2v) is 4.17. The molecule has 1 fully saturated rings. The van der Waals surface area contributed by atoms with E-state index in [1.165, 1.54) is 25.5 Å². The van der Waals surface area contributed by atoms with Crippen molar-refractivity contribution in [2.24, 2.45) is 0 Å². The van der Waals surface area contributed by atoms with Crippen LogP contribution in [0.4, 0.5) is 0 Å². The molecule has 0 radical (unpaired) electrons. The third-order valence-electron chi connectivity index (χ3n) is 2.98. The Morgan fingerprint density at radius 2 is 2.12 bits per heavy atom. The number of nitrogens with zero attached hydrogens (tertiary/aromatic N) is 2. The van der Waals surface area contributed by atoms with Gasteiger partial charge in [0.1, 0.15) is 0 Å². The van der Waals surface area contributed by atoms with E-state index >= 15 is 0 Å². The molecule has 1 aliphatic heterocycles. The van der Waals surface area contributed by atoms with Crippen molar-refractivity contribution >= 4 is 5.97 Å². The fraction of sp³-hybridized carbons (Fsp3) is 0.500. The van der Waals surface area contributed by atoms with Crippen LogP contribution in [0.15, 0.2) is 18.5 Å². The zero-order valence-electron chi connectivity index (χ0n) is 9.22. The highest BCUT2D eigenvalue weighted by Gasteiger charge is 2.15. The van der Waals surface area contributed by atoms with Crippen LogP contribution in [0, 0.1) is 0 Å². The highest BCUT2D eigenvalue weighted by atomic mass is 16.4. The summed E-state index contributed by atoms with van der Waals surface area (Å²) in [5, 5.41) is 9.04. The van der Waals surface area contributed by atoms with Crippen LogP contribution in [0.5, 0.6) is 0 Å². The third kappa shape index (κ3) is 2.58. The van der Waals surface area contributed by atoms with E-state index in [4.69, 9.17) is 5.11 Å². The van der Waals surface area contributed by atoms with E-state index in [-0.39, 0.29) is 0 Å². The molecule has 4 heteroatoms. The van der Waals surface area contributed by atoms with E-state index in [1.807, 2.05) is 0 Å². The molecule has 86 valence electrons. The van der Waals surface area contributed by atoms with Crippen molar-refractivity contribution in [1.29, 1.82) is 0 Å². The number of rotatable bonds is 3. The summed E-state index contributed by atoms with van der Waals surface area (Å²) in [5.41, 5.74) is 1.19. The highest BCUT2D eigenvalue weighted by molar-refractivity contribution is 5.88. The Balaban J connectivity index is 2.10. The summed E-state index contributed by atoms with van der Waals surface area (Å²) in [7, 11) is 0. The normalized spacial score (nSPS) is 17.2. The van der Waals surface area contributed by atoms with Crippen LogP contribution in [0.3, 0.4) is 0 Å². The van der Waals surface area contributed by atoms with Gasteiger partial charge in [-0.2, -0.15) is 0 Å². The van der Waals surface area contributed by atoms with E-state index in [1.54, 1.807) is 12.3 Å². The number of hydrogen-bond donors (Lipinski definition) is 1. The van der Waals surface area contributed by atoms with Crippen LogP contribution in [0.25, 0.3) is 0 Å². The molecule has 1 aromatic rings. The van der Waals surface area contributed by atoms with Crippen LogP contribution in [-0.4, -0.2) is 34.0 Å². The van der Waals surface area contributed by atoms with Crippen LogP contribution >= 0.6 is 0 Å². The summed E-state index contributed by atoms with van der Waals surface area (Å²) in [6.45, 7) is 2.87. The first kappa shape index (κ1) is 11.1. The van der Waals surface area contributed by atoms with Gasteiger partial charge < -0.3 is 5.11 Å². The molecule has 1 aromatic heterocycles. The van der Waals surface area contributed by atoms with Gasteiger partial charge in [0.2, 0.25) is 0 Å². The molecule has 0 aliphatic carbocycles. The Morgan fingerprint density at radius 1 is 1.38 bits per heavy atom. The molecule has 0 unspecified atom stereocenters. The minimum atomic E-state index is -0.889. The number of hydrogen-bond acceptors (Lipinski definition) is 3. The lowest BCUT2D eigenvalue weighted by Crippen LogP contribution is -2.29. The van der Waals surface area contributed by atoms with E-state index in [0.717, 1.165) is 25.2 Å². The van der Waals surface area contributed by atoms with E-state index < -0.39 is 5.97 Å². The molecule has 4 nitrogen and oxygen atoms in total. The Kier molecular flexibility index (Phi) is 3.51. The maximum Gasteiger partial charge on any atom is 0.337 e. The lowest BCUT2D eigenvalue weighted by Gasteiger charge is -2.26. The molecule has 16 heavy (non-hydrogen) atoms. The maximum absolute atomic E-state index is 11.0. The van der Waals surface area contributed by atoms with E-state index in [9.17, 15) is 4.79 Å². The first-order valence-electron chi connectivity index (χ1n) is 5.66. The standard InChI is InChI=1S/C12H16N2O2/c15-12(16)11-8-13-5-4-10(11)9-14-6-2-1-3-7-14/h4-5,8H,1-3,6-7,9H2,(H,15,16). The van der Waals surface area contributed by atoms with Crippen molar-refractivity contribution in [3.8, 4) is 0 Å². The van der Waals surface area contributed by atoms with Gasteiger partial charge in [-0.3, -0.25) is 9.88 Å². The van der Waals surface area contributed by atoms with Crippen LogP contribution in [0.1, 0.15) is 35.2 Å². The van der Waals surface area contributed by atoms with Gasteiger partial charge in [-0.1, -0.05) is 6.42 Å². The molecular weight excluding hydrogens is 204 g/mol. The van der Waals surface area contributed by atoms with Crippen molar-refractivity contribution < 1.29 is 9.90 Å². The number of piperidine rings is 1. The van der Waals surface area contributed by atoms with Gasteiger partial charge in [0.15, 0.2) is 0 Å². The summed E-state index contributed by atoms with van der Waals surface area (Å²) < 4.78 is 0. The van der Waals surface area contributed by atoms with Gasteiger partial charge in [-0.25, -0.2) is 4.79 Å². The number of carbonyl (C=O) groups is 1. The summed E-state index contributed by atoms with van der Waals surface area (Å²) >= 11 is 0. The quantitative estimate of drug-likeness (QED) is 0.843. The number of aromatic carboxylic acids is 1. The third-order valence-corrected chi connectivity index (χ3v) is 2.98. The summed E-state index contributed by atoms with van der Waals surface area (Å²) in [5.74, 6) is -0.889. The molecule has 0 aromatic carbocycles. The average Bonchev–Trinajstić information content (AvgIpc) is 2.31. The van der Waals surface area contributed by atoms with Crippen molar-refractivity contribution in [2.45, 2.75) is 25.8 Å². The highest BCUT2D eigenvalue weighted by Crippen LogP contribution is 2.15. The molecular formula is C12H16N2O2. The molecule has 0 spiro atoms. The fourth-order valence-corrected chi connectivity index (χ4v) is 2.11. The van der Waals surface area contributed by atoms with E-state index in [2.05, 4.69) is 9.88 Å². The Labute approximate surface area is 94.9 Å². The van der Waals surface area contributed by atoms with Gasteiger partial charge in [0.05, 0.1) is 5.56 Å². The maximum atomic E-state index is 11.0. The number of likely N-dealkylation sites (tertiary alicyclic amines) is 1. The smallest absolute Gasteiger partial charge is 0.337 e. The first-order chi connectivity index (χ1) is 7.77. The molecule has 2 rings (SSSR count). The van der Waals surface area contributed by atoms with Gasteiger partial charge >= 0.3 is 5.97 Å². The first-order valence-corrected chi connectivity index (χ1v) is 5.66. The van der Waals surface area contributed by atoms with Crippen molar-refractivity contribution in [2.75, 3.05) is 13.1 Å². The van der Waals surface area contributed by atoms with Gasteiger partial charge in [-0.05, 0) is 37.6 Å². The second-order valence-electron chi connectivity index (χ2n) is 4.17. The summed E-state index contributed by atoms with van der Waals surface area (Å²) in [4.78, 5) is 17.2.